The summed E-state index contributed by atoms with van der Waals surface area (Å²) in [6.07, 6.45) is 3.41. The Morgan fingerprint density at radius 3 is 2.33 bits per heavy atom. The number of benzene rings is 2. The third-order valence-electron chi connectivity index (χ3n) is 4.44. The first-order chi connectivity index (χ1) is 13.0. The van der Waals surface area contributed by atoms with E-state index in [0.29, 0.717) is 5.69 Å². The molecule has 1 aromatic heterocycles. The number of aromatic nitrogens is 2. The van der Waals surface area contributed by atoms with Crippen LogP contribution in [0.4, 0.5) is 19.3 Å². The van der Waals surface area contributed by atoms with E-state index in [9.17, 15) is 18.4 Å². The Morgan fingerprint density at radius 1 is 1.00 bits per heavy atom. The van der Waals surface area contributed by atoms with E-state index in [-0.39, 0.29) is 12.1 Å². The van der Waals surface area contributed by atoms with Gasteiger partial charge in [-0.05, 0) is 29.8 Å². The van der Waals surface area contributed by atoms with Gasteiger partial charge in [0.25, 0.3) is 5.91 Å². The standard InChI is InChI=1S/C19H14F2N4O2/c20-16-2-1-3-17(21)15(16)10-25-18(26)11-24(19(25)27)14-6-4-12(5-7-14)13-8-22-23-9-13/h1-9H,10-11H2,(H,22,23). The molecule has 0 radical (unpaired) electrons. The molecule has 2 aromatic carbocycles. The maximum absolute atomic E-state index is 13.8. The number of anilines is 1. The molecule has 27 heavy (non-hydrogen) atoms. The molecule has 1 saturated heterocycles. The summed E-state index contributed by atoms with van der Waals surface area (Å²) in [6, 6.07) is 9.83. The van der Waals surface area contributed by atoms with Crippen molar-refractivity contribution in [1.29, 1.82) is 0 Å². The minimum atomic E-state index is -0.793. The van der Waals surface area contributed by atoms with E-state index in [1.54, 1.807) is 36.7 Å². The summed E-state index contributed by atoms with van der Waals surface area (Å²) in [5.41, 5.74) is 2.01. The number of carbonyl (C=O) groups excluding carboxylic acids is 2. The Labute approximate surface area is 153 Å². The fourth-order valence-electron chi connectivity index (χ4n) is 2.98. The lowest BCUT2D eigenvalue weighted by Gasteiger charge is -2.18. The molecule has 1 aliphatic rings. The molecule has 8 heteroatoms. The van der Waals surface area contributed by atoms with Gasteiger partial charge in [-0.2, -0.15) is 5.10 Å². The zero-order chi connectivity index (χ0) is 19.0. The third-order valence-corrected chi connectivity index (χ3v) is 4.44. The number of amides is 3. The third kappa shape index (κ3) is 3.05. The first-order valence-corrected chi connectivity index (χ1v) is 8.18. The van der Waals surface area contributed by atoms with Gasteiger partial charge in [-0.25, -0.2) is 13.6 Å². The molecule has 4 rings (SSSR count). The zero-order valence-corrected chi connectivity index (χ0v) is 14.0. The molecule has 1 fully saturated rings. The van der Waals surface area contributed by atoms with Crippen molar-refractivity contribution in [2.24, 2.45) is 0 Å². The van der Waals surface area contributed by atoms with Crippen LogP contribution in [0.25, 0.3) is 11.1 Å². The first-order valence-electron chi connectivity index (χ1n) is 8.18. The van der Waals surface area contributed by atoms with Gasteiger partial charge in [0.15, 0.2) is 0 Å². The van der Waals surface area contributed by atoms with E-state index in [1.165, 1.54) is 11.0 Å². The molecule has 3 amide bonds. The fraction of sp³-hybridized carbons (Fsp3) is 0.105. The first kappa shape index (κ1) is 16.9. The number of halogens is 2. The number of urea groups is 1. The summed E-state index contributed by atoms with van der Waals surface area (Å²) >= 11 is 0. The normalized spacial score (nSPS) is 14.3. The zero-order valence-electron chi connectivity index (χ0n) is 14.0. The number of nitrogens with one attached hydrogen (secondary N) is 1. The number of aromatic amines is 1. The van der Waals surface area contributed by atoms with Crippen molar-refractivity contribution < 1.29 is 18.4 Å². The summed E-state index contributed by atoms with van der Waals surface area (Å²) in [6.45, 7) is -0.625. The van der Waals surface area contributed by atoms with Gasteiger partial charge >= 0.3 is 6.03 Å². The molecule has 0 bridgehead atoms. The van der Waals surface area contributed by atoms with Gasteiger partial charge in [0, 0.05) is 23.0 Å². The maximum atomic E-state index is 13.8. The summed E-state index contributed by atoms with van der Waals surface area (Å²) in [5.74, 6) is -2.10. The molecule has 0 unspecified atom stereocenters. The van der Waals surface area contributed by atoms with Crippen molar-refractivity contribution >= 4 is 17.6 Å². The lowest BCUT2D eigenvalue weighted by Crippen LogP contribution is -2.33. The number of imide groups is 1. The topological polar surface area (TPSA) is 69.3 Å². The second-order valence-electron chi connectivity index (χ2n) is 6.08. The highest BCUT2D eigenvalue weighted by Crippen LogP contribution is 2.26. The van der Waals surface area contributed by atoms with Crippen LogP contribution in [0.2, 0.25) is 0 Å². The quantitative estimate of drug-likeness (QED) is 0.718. The van der Waals surface area contributed by atoms with Crippen LogP contribution in [-0.2, 0) is 11.3 Å². The average Bonchev–Trinajstić information content (AvgIpc) is 3.28. The smallest absolute Gasteiger partial charge is 0.285 e. The summed E-state index contributed by atoms with van der Waals surface area (Å²) in [4.78, 5) is 27.0. The van der Waals surface area contributed by atoms with Gasteiger partial charge in [0.1, 0.15) is 18.2 Å². The largest absolute Gasteiger partial charge is 0.332 e. The molecule has 1 N–H and O–H groups in total. The molecule has 0 aliphatic carbocycles. The van der Waals surface area contributed by atoms with Crippen molar-refractivity contribution in [3.8, 4) is 11.1 Å². The van der Waals surface area contributed by atoms with Crippen molar-refractivity contribution in [3.63, 3.8) is 0 Å². The van der Waals surface area contributed by atoms with E-state index in [2.05, 4.69) is 10.2 Å². The number of hydrogen-bond acceptors (Lipinski definition) is 3. The van der Waals surface area contributed by atoms with Crippen LogP contribution in [0.5, 0.6) is 0 Å². The molecule has 3 aromatic rings. The van der Waals surface area contributed by atoms with E-state index in [4.69, 9.17) is 0 Å². The second kappa shape index (κ2) is 6.64. The molecule has 1 aliphatic heterocycles. The number of rotatable bonds is 4. The van der Waals surface area contributed by atoms with Crippen LogP contribution in [0.15, 0.2) is 54.9 Å². The van der Waals surface area contributed by atoms with Crippen LogP contribution in [0.1, 0.15) is 5.56 Å². The van der Waals surface area contributed by atoms with Crippen molar-refractivity contribution in [2.45, 2.75) is 6.54 Å². The van der Waals surface area contributed by atoms with Crippen LogP contribution >= 0.6 is 0 Å². The highest BCUT2D eigenvalue weighted by molar-refractivity contribution is 6.12. The van der Waals surface area contributed by atoms with Gasteiger partial charge in [-0.15, -0.1) is 0 Å². The lowest BCUT2D eigenvalue weighted by atomic mass is 10.1. The summed E-state index contributed by atoms with van der Waals surface area (Å²) < 4.78 is 27.7. The van der Waals surface area contributed by atoms with Crippen LogP contribution in [0.3, 0.4) is 0 Å². The van der Waals surface area contributed by atoms with E-state index in [0.717, 1.165) is 28.2 Å². The second-order valence-corrected chi connectivity index (χ2v) is 6.08. The summed E-state index contributed by atoms with van der Waals surface area (Å²) in [5, 5.41) is 6.60. The Hall–Kier alpha value is -3.55. The maximum Gasteiger partial charge on any atom is 0.332 e. The average molecular weight is 368 g/mol. The number of hydrogen-bond donors (Lipinski definition) is 1. The molecule has 6 nitrogen and oxygen atoms in total. The molecule has 0 spiro atoms. The van der Waals surface area contributed by atoms with Crippen molar-refractivity contribution in [1.82, 2.24) is 15.1 Å². The van der Waals surface area contributed by atoms with Crippen molar-refractivity contribution in [2.75, 3.05) is 11.4 Å². The highest BCUT2D eigenvalue weighted by Gasteiger charge is 2.37. The minimum Gasteiger partial charge on any atom is -0.285 e. The van der Waals surface area contributed by atoms with Crippen molar-refractivity contribution in [3.05, 3.63) is 72.1 Å². The fourth-order valence-corrected chi connectivity index (χ4v) is 2.98. The predicted octanol–water partition coefficient (Wildman–Crippen LogP) is 3.32. The van der Waals surface area contributed by atoms with Gasteiger partial charge in [0.05, 0.1) is 12.7 Å². The Morgan fingerprint density at radius 2 is 1.70 bits per heavy atom. The van der Waals surface area contributed by atoms with E-state index < -0.39 is 30.1 Å². The number of nitrogens with zero attached hydrogens (tertiary/aromatic N) is 3. The van der Waals surface area contributed by atoms with Gasteiger partial charge in [-0.3, -0.25) is 19.7 Å². The molecular formula is C19H14F2N4O2. The molecule has 2 heterocycles. The minimum absolute atomic E-state index is 0.181. The number of carbonyl (C=O) groups is 2. The molecule has 0 saturated carbocycles. The van der Waals surface area contributed by atoms with Crippen LogP contribution < -0.4 is 4.90 Å². The molecule has 0 atom stereocenters. The van der Waals surface area contributed by atoms with Gasteiger partial charge in [0.2, 0.25) is 0 Å². The van der Waals surface area contributed by atoms with E-state index >= 15 is 0 Å². The summed E-state index contributed by atoms with van der Waals surface area (Å²) in [7, 11) is 0. The van der Waals surface area contributed by atoms with Gasteiger partial charge in [-0.1, -0.05) is 18.2 Å². The monoisotopic (exact) mass is 368 g/mol. The number of H-pyrrole nitrogens is 1. The molecule has 136 valence electrons. The Bertz CT molecular complexity index is 983. The van der Waals surface area contributed by atoms with E-state index in [1.807, 2.05) is 0 Å². The predicted molar refractivity (Wildman–Crippen MR) is 93.7 cm³/mol. The SMILES string of the molecule is O=C1CN(c2ccc(-c3cn[nH]c3)cc2)C(=O)N1Cc1c(F)cccc1F. The van der Waals surface area contributed by atoms with Crippen LogP contribution in [0, 0.1) is 11.6 Å². The van der Waals surface area contributed by atoms with Gasteiger partial charge < -0.3 is 0 Å². The highest BCUT2D eigenvalue weighted by atomic mass is 19.1. The lowest BCUT2D eigenvalue weighted by molar-refractivity contribution is -0.125. The Kier molecular flexibility index (Phi) is 4.15. The van der Waals surface area contributed by atoms with Crippen LogP contribution in [-0.4, -0.2) is 33.6 Å². The molecular weight excluding hydrogens is 354 g/mol. The Balaban J connectivity index is 1.56.